The summed E-state index contributed by atoms with van der Waals surface area (Å²) in [5, 5.41) is 3.26. The molecule has 1 saturated carbocycles. The van der Waals surface area contributed by atoms with Gasteiger partial charge in [-0.2, -0.15) is 0 Å². The third-order valence-corrected chi connectivity index (χ3v) is 5.13. The normalized spacial score (nSPS) is 27.9. The zero-order valence-electron chi connectivity index (χ0n) is 13.8. The lowest BCUT2D eigenvalue weighted by atomic mass is 9.75. The van der Waals surface area contributed by atoms with E-state index in [9.17, 15) is 4.79 Å². The van der Waals surface area contributed by atoms with Crippen molar-refractivity contribution in [3.05, 3.63) is 0 Å². The summed E-state index contributed by atoms with van der Waals surface area (Å²) in [7, 11) is 0. The van der Waals surface area contributed by atoms with Crippen molar-refractivity contribution in [3.8, 4) is 0 Å². The molecule has 3 atom stereocenters. The number of carbonyl (C=O) groups excluding carboxylic acids is 1. The van der Waals surface area contributed by atoms with Gasteiger partial charge < -0.3 is 15.0 Å². The fraction of sp³-hybridized carbons (Fsp3) is 0.941. The third kappa shape index (κ3) is 4.96. The maximum atomic E-state index is 11.9. The highest BCUT2D eigenvalue weighted by Gasteiger charge is 2.31. The molecule has 1 aliphatic heterocycles. The number of ether oxygens (including phenoxy) is 1. The minimum absolute atomic E-state index is 0.0908. The zero-order chi connectivity index (χ0) is 15.1. The van der Waals surface area contributed by atoms with E-state index in [1.807, 2.05) is 13.8 Å². The summed E-state index contributed by atoms with van der Waals surface area (Å²) in [5.41, 5.74) is 0. The van der Waals surface area contributed by atoms with E-state index >= 15 is 0 Å². The number of rotatable bonds is 7. The number of nitrogens with one attached hydrogen (secondary N) is 1. The van der Waals surface area contributed by atoms with Crippen LogP contribution in [0.3, 0.4) is 0 Å². The number of esters is 1. The summed E-state index contributed by atoms with van der Waals surface area (Å²) in [6, 6.07) is -0.140. The minimum Gasteiger partial charge on any atom is -0.465 e. The van der Waals surface area contributed by atoms with Crippen LogP contribution in [0, 0.1) is 11.8 Å². The minimum atomic E-state index is -0.140. The first-order valence-corrected chi connectivity index (χ1v) is 8.87. The predicted octanol–water partition coefficient (Wildman–Crippen LogP) is 2.43. The van der Waals surface area contributed by atoms with Crippen molar-refractivity contribution in [3.63, 3.8) is 0 Å². The Morgan fingerprint density at radius 2 is 2.00 bits per heavy atom. The van der Waals surface area contributed by atoms with Crippen molar-refractivity contribution in [1.29, 1.82) is 0 Å². The Balaban J connectivity index is 1.76. The van der Waals surface area contributed by atoms with Crippen molar-refractivity contribution < 1.29 is 9.53 Å². The number of nitrogens with zero attached hydrogens (tertiary/aromatic N) is 1. The summed E-state index contributed by atoms with van der Waals surface area (Å²) in [6.45, 7) is 8.66. The first-order valence-electron chi connectivity index (χ1n) is 8.87. The largest absolute Gasteiger partial charge is 0.465 e. The number of likely N-dealkylation sites (tertiary alicyclic amines) is 1. The Labute approximate surface area is 129 Å². The maximum Gasteiger partial charge on any atom is 0.323 e. The van der Waals surface area contributed by atoms with Crippen LogP contribution in [0.2, 0.25) is 0 Å². The van der Waals surface area contributed by atoms with Gasteiger partial charge in [0.25, 0.3) is 0 Å². The molecule has 0 bridgehead atoms. The lowest BCUT2D eigenvalue weighted by Gasteiger charge is -2.41. The van der Waals surface area contributed by atoms with Crippen molar-refractivity contribution in [1.82, 2.24) is 10.2 Å². The van der Waals surface area contributed by atoms with E-state index in [1.54, 1.807) is 0 Å². The molecule has 2 rings (SSSR count). The van der Waals surface area contributed by atoms with Crippen molar-refractivity contribution in [2.24, 2.45) is 11.8 Å². The Morgan fingerprint density at radius 3 is 2.71 bits per heavy atom. The van der Waals surface area contributed by atoms with Crippen molar-refractivity contribution in [2.45, 2.75) is 58.4 Å². The lowest BCUT2D eigenvalue weighted by Crippen LogP contribution is -2.45. The van der Waals surface area contributed by atoms with E-state index in [-0.39, 0.29) is 12.0 Å². The number of likely N-dealkylation sites (N-methyl/N-ethyl adjacent to an activating group) is 1. The zero-order valence-corrected chi connectivity index (χ0v) is 13.8. The van der Waals surface area contributed by atoms with E-state index in [2.05, 4.69) is 10.2 Å². The molecule has 0 spiro atoms. The molecule has 2 fully saturated rings. The fourth-order valence-corrected chi connectivity index (χ4v) is 3.98. The second-order valence-corrected chi connectivity index (χ2v) is 6.54. The van der Waals surface area contributed by atoms with Gasteiger partial charge >= 0.3 is 5.97 Å². The highest BCUT2D eigenvalue weighted by molar-refractivity contribution is 5.75. The topological polar surface area (TPSA) is 41.6 Å². The number of fused-ring (bicyclic) bond motifs is 1. The Hall–Kier alpha value is -0.610. The van der Waals surface area contributed by atoms with E-state index in [4.69, 9.17) is 4.74 Å². The molecule has 21 heavy (non-hydrogen) atoms. The molecular weight excluding hydrogens is 264 g/mol. The number of carbonyl (C=O) groups is 1. The van der Waals surface area contributed by atoms with Crippen LogP contribution in [0.4, 0.5) is 0 Å². The summed E-state index contributed by atoms with van der Waals surface area (Å²) >= 11 is 0. The highest BCUT2D eigenvalue weighted by atomic mass is 16.5. The highest BCUT2D eigenvalue weighted by Crippen LogP contribution is 2.35. The maximum absolute atomic E-state index is 11.9. The van der Waals surface area contributed by atoms with Crippen LogP contribution in [-0.4, -0.2) is 49.7 Å². The molecule has 0 aromatic carbocycles. The van der Waals surface area contributed by atoms with Crippen LogP contribution in [0.5, 0.6) is 0 Å². The lowest BCUT2D eigenvalue weighted by molar-refractivity contribution is -0.146. The second kappa shape index (κ2) is 8.74. The van der Waals surface area contributed by atoms with E-state index in [0.29, 0.717) is 6.61 Å². The summed E-state index contributed by atoms with van der Waals surface area (Å²) in [4.78, 5) is 14.5. The molecule has 0 radical (unpaired) electrons. The van der Waals surface area contributed by atoms with Gasteiger partial charge in [-0.15, -0.1) is 0 Å². The Morgan fingerprint density at radius 1 is 1.24 bits per heavy atom. The SMILES string of the molecule is CCNC(CCN1CCC2CCCCC2C1)C(=O)OCC. The standard InChI is InChI=1S/C17H32N2O2/c1-3-18-16(17(20)21-4-2)10-12-19-11-9-14-7-5-6-8-15(14)13-19/h14-16,18H,3-13H2,1-2H3. The number of hydrogen-bond donors (Lipinski definition) is 1. The molecule has 1 aliphatic carbocycles. The van der Waals surface area contributed by atoms with Crippen LogP contribution in [0.15, 0.2) is 0 Å². The van der Waals surface area contributed by atoms with Crippen LogP contribution >= 0.6 is 0 Å². The van der Waals surface area contributed by atoms with Gasteiger partial charge in [0.2, 0.25) is 0 Å². The second-order valence-electron chi connectivity index (χ2n) is 6.54. The summed E-state index contributed by atoms with van der Waals surface area (Å²) < 4.78 is 5.16. The van der Waals surface area contributed by atoms with E-state index < -0.39 is 0 Å². The molecule has 0 amide bonds. The predicted molar refractivity (Wildman–Crippen MR) is 85.2 cm³/mol. The van der Waals surface area contributed by atoms with Gasteiger partial charge in [0.15, 0.2) is 0 Å². The van der Waals surface area contributed by atoms with Crippen molar-refractivity contribution in [2.75, 3.05) is 32.8 Å². The molecule has 1 heterocycles. The number of hydrogen-bond acceptors (Lipinski definition) is 4. The molecule has 0 aromatic heterocycles. The summed E-state index contributed by atoms with van der Waals surface area (Å²) in [5.74, 6) is 1.80. The van der Waals surface area contributed by atoms with Crippen LogP contribution in [0.25, 0.3) is 0 Å². The van der Waals surface area contributed by atoms with Gasteiger partial charge in [-0.25, -0.2) is 0 Å². The monoisotopic (exact) mass is 296 g/mol. The van der Waals surface area contributed by atoms with Crippen LogP contribution in [0.1, 0.15) is 52.4 Å². The average Bonchev–Trinajstić information content (AvgIpc) is 2.51. The molecule has 1 N–H and O–H groups in total. The molecule has 0 aromatic rings. The van der Waals surface area contributed by atoms with Gasteiger partial charge in [-0.3, -0.25) is 4.79 Å². The number of piperidine rings is 1. The van der Waals surface area contributed by atoms with Gasteiger partial charge in [0.1, 0.15) is 6.04 Å². The van der Waals surface area contributed by atoms with Crippen molar-refractivity contribution >= 4 is 5.97 Å². The molecule has 122 valence electrons. The van der Waals surface area contributed by atoms with E-state index in [1.165, 1.54) is 45.2 Å². The van der Waals surface area contributed by atoms with Gasteiger partial charge in [-0.05, 0) is 51.1 Å². The van der Waals surface area contributed by atoms with Gasteiger partial charge in [-0.1, -0.05) is 26.2 Å². The van der Waals surface area contributed by atoms with E-state index in [0.717, 1.165) is 31.3 Å². The fourth-order valence-electron chi connectivity index (χ4n) is 3.98. The summed E-state index contributed by atoms with van der Waals surface area (Å²) in [6.07, 6.45) is 7.93. The molecule has 1 saturated heterocycles. The molecule has 4 heteroatoms. The molecule has 2 aliphatic rings. The molecular formula is C17H32N2O2. The third-order valence-electron chi connectivity index (χ3n) is 5.13. The Bertz CT molecular complexity index is 322. The Kier molecular flexibility index (Phi) is 6.97. The molecule has 3 unspecified atom stereocenters. The van der Waals surface area contributed by atoms with Gasteiger partial charge in [0.05, 0.1) is 6.61 Å². The average molecular weight is 296 g/mol. The first kappa shape index (κ1) is 16.8. The quantitative estimate of drug-likeness (QED) is 0.733. The molecule has 4 nitrogen and oxygen atoms in total. The van der Waals surface area contributed by atoms with Gasteiger partial charge in [0, 0.05) is 13.1 Å². The smallest absolute Gasteiger partial charge is 0.323 e. The first-order chi connectivity index (χ1) is 10.2. The van der Waals surface area contributed by atoms with Crippen LogP contribution < -0.4 is 5.32 Å². The van der Waals surface area contributed by atoms with Crippen LogP contribution in [-0.2, 0) is 9.53 Å².